The fraction of sp³-hybridized carbons (Fsp3) is 0.538. The number of pyridine rings is 1. The smallest absolute Gasteiger partial charge is 0.408 e. The monoisotopic (exact) mass is 438 g/mol. The second-order valence-electron chi connectivity index (χ2n) is 10.1. The minimum Gasteiger partial charge on any atom is -0.491 e. The summed E-state index contributed by atoms with van der Waals surface area (Å²) >= 11 is 0. The molecular weight excluding hydrogens is 404 g/mol. The fourth-order valence-electron chi connectivity index (χ4n) is 5.21. The molecule has 2 aliphatic rings. The molecule has 1 aliphatic heterocycles. The summed E-state index contributed by atoms with van der Waals surface area (Å²) in [6, 6.07) is 7.65. The standard InChI is InChI=1S/C26H34N2O4/c1-17-21-11-12-27-15-23(21)22-10-9-20(14-24(22)32-17)31-16-19(13-18-7-5-6-8-18)28(25(29)30)26(2,3)4/h9-12,14-15,17-19H,5-8,13,16H2,1-4H3,(H,29,30)/t17?,19-/m0/s1. The van der Waals surface area contributed by atoms with Crippen molar-refractivity contribution >= 4 is 6.09 Å². The van der Waals surface area contributed by atoms with Gasteiger partial charge in [-0.3, -0.25) is 9.88 Å². The van der Waals surface area contributed by atoms with Crippen molar-refractivity contribution in [2.24, 2.45) is 5.92 Å². The average Bonchev–Trinajstić information content (AvgIpc) is 3.24. The lowest BCUT2D eigenvalue weighted by Crippen LogP contribution is -2.53. The van der Waals surface area contributed by atoms with E-state index in [0.29, 0.717) is 18.3 Å². The van der Waals surface area contributed by atoms with Gasteiger partial charge in [0.1, 0.15) is 24.2 Å². The lowest BCUT2D eigenvalue weighted by Gasteiger charge is -2.40. The second kappa shape index (κ2) is 9.00. The SMILES string of the molecule is CC1Oc2cc(OC[C@H](CC3CCCC3)N(C(=O)O)C(C)(C)C)ccc2-c2cnccc21. The van der Waals surface area contributed by atoms with E-state index in [1.807, 2.05) is 58.2 Å². The van der Waals surface area contributed by atoms with Gasteiger partial charge < -0.3 is 14.6 Å². The summed E-state index contributed by atoms with van der Waals surface area (Å²) < 4.78 is 12.3. The topological polar surface area (TPSA) is 71.9 Å². The Morgan fingerprint density at radius 2 is 2.00 bits per heavy atom. The van der Waals surface area contributed by atoms with Crippen LogP contribution in [0.1, 0.15) is 71.5 Å². The summed E-state index contributed by atoms with van der Waals surface area (Å²) in [6.07, 6.45) is 8.35. The molecule has 32 heavy (non-hydrogen) atoms. The first-order valence-corrected chi connectivity index (χ1v) is 11.6. The molecule has 6 nitrogen and oxygen atoms in total. The fourth-order valence-corrected chi connectivity index (χ4v) is 5.21. The number of carboxylic acid groups (broad SMARTS) is 1. The number of hydrogen-bond acceptors (Lipinski definition) is 4. The van der Waals surface area contributed by atoms with Gasteiger partial charge in [-0.1, -0.05) is 25.7 Å². The molecule has 6 heteroatoms. The number of hydrogen-bond donors (Lipinski definition) is 1. The highest BCUT2D eigenvalue weighted by Gasteiger charge is 2.35. The number of nitrogens with zero attached hydrogens (tertiary/aromatic N) is 2. The average molecular weight is 439 g/mol. The maximum absolute atomic E-state index is 12.2. The molecule has 1 aromatic heterocycles. The van der Waals surface area contributed by atoms with Crippen molar-refractivity contribution in [3.8, 4) is 22.6 Å². The summed E-state index contributed by atoms with van der Waals surface area (Å²) in [6.45, 7) is 8.20. The molecule has 4 rings (SSSR count). The first-order chi connectivity index (χ1) is 15.2. The Bertz CT molecular complexity index is 963. The Hall–Kier alpha value is -2.76. The Morgan fingerprint density at radius 3 is 2.69 bits per heavy atom. The van der Waals surface area contributed by atoms with Crippen molar-refractivity contribution in [1.29, 1.82) is 0 Å². The maximum atomic E-state index is 12.2. The second-order valence-corrected chi connectivity index (χ2v) is 10.1. The van der Waals surface area contributed by atoms with Crippen LogP contribution in [0.4, 0.5) is 4.79 Å². The first kappa shape index (κ1) is 22.4. The van der Waals surface area contributed by atoms with Crippen molar-refractivity contribution in [3.05, 3.63) is 42.2 Å². The number of amides is 1. The zero-order chi connectivity index (χ0) is 22.9. The minimum absolute atomic E-state index is 0.0609. The van der Waals surface area contributed by atoms with Crippen LogP contribution >= 0.6 is 0 Å². The molecular formula is C26H34N2O4. The third-order valence-corrected chi connectivity index (χ3v) is 6.66. The van der Waals surface area contributed by atoms with Crippen LogP contribution in [0.3, 0.4) is 0 Å². The zero-order valence-corrected chi connectivity index (χ0v) is 19.5. The van der Waals surface area contributed by atoms with Gasteiger partial charge in [-0.2, -0.15) is 0 Å². The number of benzene rings is 1. The molecule has 0 bridgehead atoms. The van der Waals surface area contributed by atoms with E-state index in [-0.39, 0.29) is 12.1 Å². The van der Waals surface area contributed by atoms with Crippen molar-refractivity contribution in [3.63, 3.8) is 0 Å². The largest absolute Gasteiger partial charge is 0.491 e. The van der Waals surface area contributed by atoms with Gasteiger partial charge in [0.25, 0.3) is 0 Å². The number of aromatic nitrogens is 1. The lowest BCUT2D eigenvalue weighted by molar-refractivity contribution is 0.0417. The van der Waals surface area contributed by atoms with Crippen LogP contribution in [0.2, 0.25) is 0 Å². The summed E-state index contributed by atoms with van der Waals surface area (Å²) in [4.78, 5) is 18.0. The molecule has 2 atom stereocenters. The third kappa shape index (κ3) is 4.69. The molecule has 172 valence electrons. The molecule has 1 N–H and O–H groups in total. The van der Waals surface area contributed by atoms with Gasteiger partial charge in [0.15, 0.2) is 0 Å². The van der Waals surface area contributed by atoms with Crippen LogP contribution in [0.15, 0.2) is 36.7 Å². The van der Waals surface area contributed by atoms with Gasteiger partial charge in [-0.25, -0.2) is 4.79 Å². The van der Waals surface area contributed by atoms with Crippen molar-refractivity contribution in [2.45, 2.75) is 77.5 Å². The highest BCUT2D eigenvalue weighted by atomic mass is 16.5. The third-order valence-electron chi connectivity index (χ3n) is 6.66. The van der Waals surface area contributed by atoms with Gasteiger partial charge in [-0.05, 0) is 58.2 Å². The summed E-state index contributed by atoms with van der Waals surface area (Å²) in [5.74, 6) is 2.03. The molecule has 1 fully saturated rings. The van der Waals surface area contributed by atoms with E-state index < -0.39 is 11.6 Å². The summed E-state index contributed by atoms with van der Waals surface area (Å²) in [5.41, 5.74) is 2.71. The summed E-state index contributed by atoms with van der Waals surface area (Å²) in [7, 11) is 0. The Labute approximate surface area is 190 Å². The van der Waals surface area contributed by atoms with E-state index in [0.717, 1.165) is 28.9 Å². The number of rotatable bonds is 6. The van der Waals surface area contributed by atoms with Crippen LogP contribution in [0, 0.1) is 5.92 Å². The predicted octanol–water partition coefficient (Wildman–Crippen LogP) is 6.31. The predicted molar refractivity (Wildman–Crippen MR) is 124 cm³/mol. The molecule has 1 amide bonds. The molecule has 1 saturated carbocycles. The van der Waals surface area contributed by atoms with E-state index in [1.54, 1.807) is 11.1 Å². The Morgan fingerprint density at radius 1 is 1.25 bits per heavy atom. The van der Waals surface area contributed by atoms with Crippen LogP contribution in [0.25, 0.3) is 11.1 Å². The van der Waals surface area contributed by atoms with Crippen molar-refractivity contribution in [1.82, 2.24) is 9.88 Å². The number of ether oxygens (including phenoxy) is 2. The highest BCUT2D eigenvalue weighted by Crippen LogP contribution is 2.43. The van der Waals surface area contributed by atoms with E-state index in [4.69, 9.17) is 9.47 Å². The van der Waals surface area contributed by atoms with E-state index >= 15 is 0 Å². The normalized spacial score (nSPS) is 18.9. The van der Waals surface area contributed by atoms with Gasteiger partial charge in [0, 0.05) is 40.7 Å². The van der Waals surface area contributed by atoms with Gasteiger partial charge in [-0.15, -0.1) is 0 Å². The quantitative estimate of drug-likeness (QED) is 0.572. The molecule has 1 aromatic carbocycles. The molecule has 1 unspecified atom stereocenters. The first-order valence-electron chi connectivity index (χ1n) is 11.6. The van der Waals surface area contributed by atoms with Gasteiger partial charge in [0.05, 0.1) is 6.04 Å². The van der Waals surface area contributed by atoms with Crippen LogP contribution < -0.4 is 9.47 Å². The molecule has 1 aliphatic carbocycles. The molecule has 2 heterocycles. The Balaban J connectivity index is 1.54. The van der Waals surface area contributed by atoms with E-state index in [1.165, 1.54) is 25.7 Å². The van der Waals surface area contributed by atoms with Gasteiger partial charge in [0.2, 0.25) is 0 Å². The maximum Gasteiger partial charge on any atom is 0.408 e. The van der Waals surface area contributed by atoms with Crippen molar-refractivity contribution in [2.75, 3.05) is 6.61 Å². The lowest BCUT2D eigenvalue weighted by atomic mass is 9.94. The van der Waals surface area contributed by atoms with E-state index in [9.17, 15) is 9.90 Å². The number of fused-ring (bicyclic) bond motifs is 3. The molecule has 2 aromatic rings. The molecule has 0 radical (unpaired) electrons. The minimum atomic E-state index is -0.893. The van der Waals surface area contributed by atoms with Crippen molar-refractivity contribution < 1.29 is 19.4 Å². The van der Waals surface area contributed by atoms with E-state index in [2.05, 4.69) is 4.98 Å². The molecule has 0 spiro atoms. The van der Waals surface area contributed by atoms with Gasteiger partial charge >= 0.3 is 6.09 Å². The highest BCUT2D eigenvalue weighted by molar-refractivity contribution is 5.75. The Kier molecular flexibility index (Phi) is 6.31. The van der Waals surface area contributed by atoms with Crippen LogP contribution in [0.5, 0.6) is 11.5 Å². The van der Waals surface area contributed by atoms with Crippen LogP contribution in [-0.4, -0.2) is 39.3 Å². The number of carbonyl (C=O) groups is 1. The zero-order valence-electron chi connectivity index (χ0n) is 19.5. The summed E-state index contributed by atoms with van der Waals surface area (Å²) in [5, 5.41) is 9.98. The van der Waals surface area contributed by atoms with Crippen LogP contribution in [-0.2, 0) is 0 Å². The molecule has 0 saturated heterocycles.